The van der Waals surface area contributed by atoms with Crippen LogP contribution in [0.15, 0.2) is 0 Å². The third kappa shape index (κ3) is 17.7. The van der Waals surface area contributed by atoms with Gasteiger partial charge in [-0.2, -0.15) is 0 Å². The molecular formula is C5H17F3N2O. The molecule has 0 amide bonds. The first-order valence-corrected chi connectivity index (χ1v) is 2.87. The Morgan fingerprint density at radius 3 is 1.82 bits per heavy atom. The fraction of sp³-hybridized carbons (Fsp3) is 1.00. The quantitative estimate of drug-likeness (QED) is 0.543. The second-order valence-corrected chi connectivity index (χ2v) is 1.85. The number of hydrogen-bond donors (Lipinski definition) is 3. The molecule has 5 N–H and O–H groups in total. The summed E-state index contributed by atoms with van der Waals surface area (Å²) in [6.45, 7) is 0.780. The number of rotatable bonds is 4. The van der Waals surface area contributed by atoms with Crippen LogP contribution in [0.4, 0.5) is 14.1 Å². The van der Waals surface area contributed by atoms with Gasteiger partial charge in [0.05, 0.1) is 0 Å². The molecule has 0 aliphatic heterocycles. The minimum absolute atomic E-state index is 0. The molecule has 3 nitrogen and oxygen atoms in total. The van der Waals surface area contributed by atoms with Crippen LogP contribution in [0.25, 0.3) is 0 Å². The summed E-state index contributed by atoms with van der Waals surface area (Å²) < 4.78 is 0. The normalized spacial score (nSPS) is 10.1. The molecule has 0 bridgehead atoms. The molecule has 74 valence electrons. The van der Waals surface area contributed by atoms with Crippen molar-refractivity contribution in [3.05, 3.63) is 0 Å². The average Bonchev–Trinajstić information content (AvgIpc) is 1.68. The van der Waals surface area contributed by atoms with Gasteiger partial charge in [-0.1, -0.05) is 0 Å². The summed E-state index contributed by atoms with van der Waals surface area (Å²) in [6, 6.07) is 0.0880. The van der Waals surface area contributed by atoms with Crippen LogP contribution in [0.3, 0.4) is 0 Å². The number of aliphatic hydroxyl groups excluding tert-OH is 1. The molecular weight excluding hydrogens is 161 g/mol. The molecule has 0 saturated carbocycles. The van der Waals surface area contributed by atoms with Crippen LogP contribution in [0.2, 0.25) is 0 Å². The van der Waals surface area contributed by atoms with Gasteiger partial charge in [0.25, 0.3) is 0 Å². The minimum Gasteiger partial charge on any atom is -0.396 e. The van der Waals surface area contributed by atoms with Crippen molar-refractivity contribution in [2.24, 2.45) is 11.5 Å². The monoisotopic (exact) mass is 178 g/mol. The highest BCUT2D eigenvalue weighted by Crippen LogP contribution is 1.89. The summed E-state index contributed by atoms with van der Waals surface area (Å²) in [4.78, 5) is 0. The van der Waals surface area contributed by atoms with Crippen molar-refractivity contribution in [2.45, 2.75) is 18.9 Å². The Morgan fingerprint density at radius 2 is 1.55 bits per heavy atom. The molecule has 11 heavy (non-hydrogen) atoms. The van der Waals surface area contributed by atoms with Crippen LogP contribution in [0, 0.1) is 0 Å². The van der Waals surface area contributed by atoms with E-state index in [1.165, 1.54) is 0 Å². The predicted molar refractivity (Wildman–Crippen MR) is 40.9 cm³/mol. The number of aliphatic hydroxyl groups is 1. The van der Waals surface area contributed by atoms with Crippen molar-refractivity contribution in [3.8, 4) is 0 Å². The van der Waals surface area contributed by atoms with Gasteiger partial charge in [0.15, 0.2) is 0 Å². The Hall–Kier alpha value is -0.330. The van der Waals surface area contributed by atoms with Crippen molar-refractivity contribution < 1.29 is 19.2 Å². The lowest BCUT2D eigenvalue weighted by molar-refractivity contribution is 0.273. The Labute approximate surface area is 63.9 Å². The highest BCUT2D eigenvalue weighted by Gasteiger charge is 1.96. The Morgan fingerprint density at radius 1 is 1.09 bits per heavy atom. The maximum atomic E-state index is 8.34. The first kappa shape index (κ1) is 22.4. The summed E-state index contributed by atoms with van der Waals surface area (Å²) in [5.74, 6) is 0. The Balaban J connectivity index is -0.0000000817. The highest BCUT2D eigenvalue weighted by molar-refractivity contribution is 4.59. The van der Waals surface area contributed by atoms with E-state index in [0.29, 0.717) is 13.0 Å². The molecule has 0 aromatic heterocycles. The third-order valence-electron chi connectivity index (χ3n) is 1.04. The van der Waals surface area contributed by atoms with E-state index in [0.717, 1.165) is 6.42 Å². The zero-order valence-corrected chi connectivity index (χ0v) is 6.23. The predicted octanol–water partition coefficient (Wildman–Crippen LogP) is -0.498. The summed E-state index contributed by atoms with van der Waals surface area (Å²) in [6.07, 6.45) is 1.47. The lowest BCUT2D eigenvalue weighted by atomic mass is 10.2. The Bertz CT molecular complexity index is 53.0. The molecule has 1 unspecified atom stereocenters. The van der Waals surface area contributed by atoms with Gasteiger partial charge in [0.1, 0.15) is 0 Å². The zero-order valence-electron chi connectivity index (χ0n) is 6.23. The van der Waals surface area contributed by atoms with Gasteiger partial charge in [-0.15, -0.1) is 0 Å². The first-order valence-electron chi connectivity index (χ1n) is 2.87. The van der Waals surface area contributed by atoms with Crippen molar-refractivity contribution in [1.82, 2.24) is 0 Å². The topological polar surface area (TPSA) is 72.3 Å². The van der Waals surface area contributed by atoms with Gasteiger partial charge in [-0.05, 0) is 19.4 Å². The maximum absolute atomic E-state index is 8.34. The van der Waals surface area contributed by atoms with Crippen molar-refractivity contribution in [2.75, 3.05) is 13.2 Å². The average molecular weight is 178 g/mol. The molecule has 0 aromatic rings. The SMILES string of the molecule is F.F.F.NCCC(N)CCO. The second kappa shape index (κ2) is 16.3. The van der Waals surface area contributed by atoms with Gasteiger partial charge in [-0.3, -0.25) is 14.1 Å². The van der Waals surface area contributed by atoms with Crippen molar-refractivity contribution >= 4 is 0 Å². The summed E-state index contributed by atoms with van der Waals surface area (Å²) in [5.41, 5.74) is 10.7. The van der Waals surface area contributed by atoms with Gasteiger partial charge in [-0.25, -0.2) is 0 Å². The molecule has 0 radical (unpaired) electrons. The van der Waals surface area contributed by atoms with E-state index in [-0.39, 0.29) is 26.8 Å². The van der Waals surface area contributed by atoms with Crippen LogP contribution in [0.1, 0.15) is 12.8 Å². The lowest BCUT2D eigenvalue weighted by Crippen LogP contribution is -2.24. The van der Waals surface area contributed by atoms with Crippen LogP contribution in [-0.4, -0.2) is 24.3 Å². The molecule has 6 heteroatoms. The van der Waals surface area contributed by atoms with Gasteiger partial charge < -0.3 is 16.6 Å². The minimum atomic E-state index is 0. The van der Waals surface area contributed by atoms with E-state index >= 15 is 0 Å². The largest absolute Gasteiger partial charge is 0.396 e. The van der Waals surface area contributed by atoms with E-state index in [2.05, 4.69) is 0 Å². The number of halogens is 3. The van der Waals surface area contributed by atoms with Crippen LogP contribution >= 0.6 is 0 Å². The molecule has 0 spiro atoms. The molecule has 0 heterocycles. The summed E-state index contributed by atoms with van der Waals surface area (Å²) in [7, 11) is 0. The molecule has 0 saturated heterocycles. The smallest absolute Gasteiger partial charge is 0.0445 e. The van der Waals surface area contributed by atoms with E-state index in [1.807, 2.05) is 0 Å². The first-order chi connectivity index (χ1) is 3.81. The fourth-order valence-corrected chi connectivity index (χ4v) is 0.524. The molecule has 0 aliphatic carbocycles. The molecule has 0 fully saturated rings. The van der Waals surface area contributed by atoms with Crippen LogP contribution in [-0.2, 0) is 0 Å². The van der Waals surface area contributed by atoms with Gasteiger partial charge in [0.2, 0.25) is 0 Å². The van der Waals surface area contributed by atoms with Crippen LogP contribution in [0.5, 0.6) is 0 Å². The highest BCUT2D eigenvalue weighted by atomic mass is 19.0. The molecule has 0 aromatic carbocycles. The molecule has 0 rings (SSSR count). The number of hydrogen-bond acceptors (Lipinski definition) is 3. The summed E-state index contributed by atoms with van der Waals surface area (Å²) >= 11 is 0. The summed E-state index contributed by atoms with van der Waals surface area (Å²) in [5, 5.41) is 8.34. The number of nitrogens with two attached hydrogens (primary N) is 2. The van der Waals surface area contributed by atoms with Gasteiger partial charge in [0, 0.05) is 12.6 Å². The third-order valence-corrected chi connectivity index (χ3v) is 1.04. The van der Waals surface area contributed by atoms with E-state index in [4.69, 9.17) is 16.6 Å². The van der Waals surface area contributed by atoms with E-state index in [9.17, 15) is 0 Å². The fourth-order valence-electron chi connectivity index (χ4n) is 0.524. The van der Waals surface area contributed by atoms with Crippen LogP contribution < -0.4 is 11.5 Å². The molecule has 1 atom stereocenters. The van der Waals surface area contributed by atoms with E-state index in [1.54, 1.807) is 0 Å². The Kier molecular flexibility index (Phi) is 33.3. The maximum Gasteiger partial charge on any atom is 0.0445 e. The lowest BCUT2D eigenvalue weighted by Gasteiger charge is -2.05. The van der Waals surface area contributed by atoms with Crippen molar-refractivity contribution in [3.63, 3.8) is 0 Å². The molecule has 0 aliphatic rings. The van der Waals surface area contributed by atoms with E-state index < -0.39 is 0 Å². The van der Waals surface area contributed by atoms with Gasteiger partial charge >= 0.3 is 0 Å². The zero-order chi connectivity index (χ0) is 6.41. The van der Waals surface area contributed by atoms with Crippen molar-refractivity contribution in [1.29, 1.82) is 0 Å². The second-order valence-electron chi connectivity index (χ2n) is 1.85. The standard InChI is InChI=1S/C5H14N2O.3FH/c6-3-1-5(7)2-4-8;;;/h5,8H,1-4,6-7H2;3*1H.